The number of para-hydroxylation sites is 1. The predicted molar refractivity (Wildman–Crippen MR) is 83.0 cm³/mol. The fraction of sp³-hybridized carbons (Fsp3) is 0.0588. The van der Waals surface area contributed by atoms with Crippen molar-refractivity contribution in [2.24, 2.45) is 0 Å². The highest BCUT2D eigenvalue weighted by Gasteiger charge is 2.11. The summed E-state index contributed by atoms with van der Waals surface area (Å²) in [5.74, 6) is 0.324. The van der Waals surface area contributed by atoms with E-state index in [4.69, 9.17) is 14.6 Å². The van der Waals surface area contributed by atoms with Gasteiger partial charge in [-0.15, -0.1) is 0 Å². The van der Waals surface area contributed by atoms with Gasteiger partial charge in [-0.3, -0.25) is 10.2 Å². The summed E-state index contributed by atoms with van der Waals surface area (Å²) in [6.45, 7) is 0. The Balaban J connectivity index is 1.91. The van der Waals surface area contributed by atoms with Crippen LogP contribution in [0, 0.1) is 5.41 Å². The number of rotatable bonds is 3. The fourth-order valence-corrected chi connectivity index (χ4v) is 2.12. The van der Waals surface area contributed by atoms with Gasteiger partial charge in [-0.2, -0.15) is 0 Å². The molecular formula is C17H14N2O3. The molecule has 1 aromatic heterocycles. The van der Waals surface area contributed by atoms with Crippen LogP contribution >= 0.6 is 0 Å². The molecule has 0 aliphatic rings. The van der Waals surface area contributed by atoms with Crippen molar-refractivity contribution < 1.29 is 13.9 Å². The minimum absolute atomic E-state index is 0.162. The standard InChI is InChI=1S/C17H14N2O3/c1-21-13-8-6-12(7-9-13)19-17(20)14-10-11-4-2-3-5-15(11)22-16(14)18/h2-10,18H,1H3,(H,19,20). The Morgan fingerprint density at radius 3 is 2.59 bits per heavy atom. The van der Waals surface area contributed by atoms with Crippen LogP contribution in [0.2, 0.25) is 0 Å². The molecule has 1 amide bonds. The highest BCUT2D eigenvalue weighted by molar-refractivity contribution is 6.05. The van der Waals surface area contributed by atoms with E-state index in [1.807, 2.05) is 18.2 Å². The number of methoxy groups -OCH3 is 1. The largest absolute Gasteiger partial charge is 0.497 e. The summed E-state index contributed by atoms with van der Waals surface area (Å²) >= 11 is 0. The van der Waals surface area contributed by atoms with Gasteiger partial charge in [0.05, 0.1) is 7.11 Å². The van der Waals surface area contributed by atoms with Crippen molar-refractivity contribution >= 4 is 22.6 Å². The highest BCUT2D eigenvalue weighted by atomic mass is 16.5. The van der Waals surface area contributed by atoms with Crippen LogP contribution in [0.3, 0.4) is 0 Å². The number of amides is 1. The van der Waals surface area contributed by atoms with Gasteiger partial charge in [-0.05, 0) is 36.4 Å². The molecule has 3 rings (SSSR count). The Kier molecular flexibility index (Phi) is 3.62. The number of nitrogens with one attached hydrogen (secondary N) is 2. The van der Waals surface area contributed by atoms with E-state index in [0.717, 1.165) is 5.39 Å². The van der Waals surface area contributed by atoms with E-state index in [2.05, 4.69) is 5.32 Å². The molecule has 5 heteroatoms. The highest BCUT2D eigenvalue weighted by Crippen LogP contribution is 2.17. The van der Waals surface area contributed by atoms with Crippen LogP contribution < -0.4 is 15.6 Å². The number of ether oxygens (including phenoxy) is 1. The quantitative estimate of drug-likeness (QED) is 0.779. The molecule has 0 bridgehead atoms. The van der Waals surface area contributed by atoms with Crippen molar-refractivity contribution in [1.29, 1.82) is 5.41 Å². The summed E-state index contributed by atoms with van der Waals surface area (Å²) in [5, 5.41) is 11.4. The summed E-state index contributed by atoms with van der Waals surface area (Å²) in [6.07, 6.45) is 0. The fourth-order valence-electron chi connectivity index (χ4n) is 2.12. The molecule has 5 nitrogen and oxygen atoms in total. The van der Waals surface area contributed by atoms with Gasteiger partial charge >= 0.3 is 0 Å². The normalized spacial score (nSPS) is 10.4. The summed E-state index contributed by atoms with van der Waals surface area (Å²) < 4.78 is 10.4. The Bertz CT molecular complexity index is 882. The van der Waals surface area contributed by atoms with E-state index in [-0.39, 0.29) is 17.0 Å². The van der Waals surface area contributed by atoms with Crippen LogP contribution in [-0.2, 0) is 0 Å². The molecular weight excluding hydrogens is 280 g/mol. The maximum Gasteiger partial charge on any atom is 0.261 e. The van der Waals surface area contributed by atoms with Crippen LogP contribution in [0.5, 0.6) is 5.75 Å². The smallest absolute Gasteiger partial charge is 0.261 e. The molecule has 22 heavy (non-hydrogen) atoms. The molecule has 2 aromatic carbocycles. The first-order valence-corrected chi connectivity index (χ1v) is 6.70. The first kappa shape index (κ1) is 13.9. The van der Waals surface area contributed by atoms with Crippen molar-refractivity contribution in [2.45, 2.75) is 0 Å². The van der Waals surface area contributed by atoms with Gasteiger partial charge in [0.2, 0.25) is 5.55 Å². The van der Waals surface area contributed by atoms with Crippen LogP contribution in [0.4, 0.5) is 5.69 Å². The van der Waals surface area contributed by atoms with Gasteiger partial charge in [-0.25, -0.2) is 0 Å². The second-order valence-corrected chi connectivity index (χ2v) is 4.71. The molecule has 0 radical (unpaired) electrons. The Labute approximate surface area is 126 Å². The van der Waals surface area contributed by atoms with Gasteiger partial charge in [0.25, 0.3) is 5.91 Å². The van der Waals surface area contributed by atoms with Gasteiger partial charge < -0.3 is 14.5 Å². The van der Waals surface area contributed by atoms with E-state index in [0.29, 0.717) is 17.0 Å². The average Bonchev–Trinajstić information content (AvgIpc) is 2.54. The van der Waals surface area contributed by atoms with Gasteiger partial charge in [0, 0.05) is 11.1 Å². The molecule has 3 aromatic rings. The molecule has 0 aliphatic carbocycles. The van der Waals surface area contributed by atoms with Crippen LogP contribution in [0.25, 0.3) is 11.0 Å². The third-order valence-electron chi connectivity index (χ3n) is 3.27. The average molecular weight is 294 g/mol. The molecule has 110 valence electrons. The Morgan fingerprint density at radius 1 is 1.14 bits per heavy atom. The zero-order valence-corrected chi connectivity index (χ0v) is 11.9. The van der Waals surface area contributed by atoms with Crippen LogP contribution in [-0.4, -0.2) is 13.0 Å². The maximum absolute atomic E-state index is 12.3. The predicted octanol–water partition coefficient (Wildman–Crippen LogP) is 3.17. The summed E-state index contributed by atoms with van der Waals surface area (Å²) in [4.78, 5) is 12.3. The number of benzene rings is 2. The van der Waals surface area contributed by atoms with E-state index < -0.39 is 0 Å². The molecule has 2 N–H and O–H groups in total. The first-order chi connectivity index (χ1) is 10.7. The number of fused-ring (bicyclic) bond motifs is 1. The third-order valence-corrected chi connectivity index (χ3v) is 3.27. The Morgan fingerprint density at radius 2 is 1.86 bits per heavy atom. The molecule has 1 heterocycles. The van der Waals surface area contributed by atoms with Crippen molar-refractivity contribution in [2.75, 3.05) is 12.4 Å². The van der Waals surface area contributed by atoms with Crippen molar-refractivity contribution in [3.8, 4) is 5.75 Å². The molecule has 0 spiro atoms. The zero-order chi connectivity index (χ0) is 15.5. The number of hydrogen-bond donors (Lipinski definition) is 2. The lowest BCUT2D eigenvalue weighted by molar-refractivity contribution is 0.102. The zero-order valence-electron chi connectivity index (χ0n) is 11.9. The number of hydrogen-bond acceptors (Lipinski definition) is 4. The van der Waals surface area contributed by atoms with Crippen molar-refractivity contribution in [3.63, 3.8) is 0 Å². The Hall–Kier alpha value is -3.08. The van der Waals surface area contributed by atoms with Crippen LogP contribution in [0.15, 0.2) is 59.0 Å². The maximum atomic E-state index is 12.3. The first-order valence-electron chi connectivity index (χ1n) is 6.70. The van der Waals surface area contributed by atoms with Gasteiger partial charge in [0.1, 0.15) is 16.9 Å². The van der Waals surface area contributed by atoms with E-state index >= 15 is 0 Å². The minimum atomic E-state index is -0.385. The number of anilines is 1. The molecule has 0 aliphatic heterocycles. The van der Waals surface area contributed by atoms with Crippen LogP contribution in [0.1, 0.15) is 10.4 Å². The van der Waals surface area contributed by atoms with E-state index in [9.17, 15) is 4.79 Å². The number of carbonyl (C=O) groups excluding carboxylic acids is 1. The lowest BCUT2D eigenvalue weighted by atomic mass is 10.1. The summed E-state index contributed by atoms with van der Waals surface area (Å²) in [5.41, 5.74) is 1.23. The van der Waals surface area contributed by atoms with Crippen molar-refractivity contribution in [3.05, 3.63) is 65.7 Å². The minimum Gasteiger partial charge on any atom is -0.497 e. The monoisotopic (exact) mass is 294 g/mol. The molecule has 0 saturated heterocycles. The molecule has 0 saturated carbocycles. The van der Waals surface area contributed by atoms with Gasteiger partial charge in [0.15, 0.2) is 0 Å². The summed E-state index contributed by atoms with van der Waals surface area (Å²) in [6, 6.07) is 15.9. The van der Waals surface area contributed by atoms with Crippen molar-refractivity contribution in [1.82, 2.24) is 0 Å². The topological polar surface area (TPSA) is 75.3 Å². The third kappa shape index (κ3) is 2.69. The lowest BCUT2D eigenvalue weighted by Gasteiger charge is -2.07. The van der Waals surface area contributed by atoms with Gasteiger partial charge in [-0.1, -0.05) is 18.2 Å². The lowest BCUT2D eigenvalue weighted by Crippen LogP contribution is -2.20. The number of carbonyl (C=O) groups is 1. The second-order valence-electron chi connectivity index (χ2n) is 4.71. The van der Waals surface area contributed by atoms with E-state index in [1.165, 1.54) is 0 Å². The van der Waals surface area contributed by atoms with E-state index in [1.54, 1.807) is 43.5 Å². The summed E-state index contributed by atoms with van der Waals surface area (Å²) in [7, 11) is 1.58. The molecule has 0 atom stereocenters. The molecule has 0 unspecified atom stereocenters. The SMILES string of the molecule is COc1ccc(NC(=O)c2cc3ccccc3oc2=N)cc1. The second kappa shape index (κ2) is 5.73. The molecule has 0 fully saturated rings.